The second-order valence-corrected chi connectivity index (χ2v) is 5.84. The van der Waals surface area contributed by atoms with E-state index >= 15 is 0 Å². The monoisotopic (exact) mass is 299 g/mol. The number of hydrogen-bond donors (Lipinski definition) is 2. The predicted molar refractivity (Wildman–Crippen MR) is 67.1 cm³/mol. The van der Waals surface area contributed by atoms with Crippen molar-refractivity contribution in [1.82, 2.24) is 24.3 Å². The van der Waals surface area contributed by atoms with Gasteiger partial charge in [-0.3, -0.25) is 14.2 Å². The highest BCUT2D eigenvalue weighted by molar-refractivity contribution is 7.89. The zero-order valence-electron chi connectivity index (χ0n) is 10.6. The molecule has 10 heteroatoms. The Morgan fingerprint density at radius 1 is 1.50 bits per heavy atom. The summed E-state index contributed by atoms with van der Waals surface area (Å²) >= 11 is 0. The quantitative estimate of drug-likeness (QED) is 0.719. The third-order valence-electron chi connectivity index (χ3n) is 2.43. The molecule has 2 heterocycles. The van der Waals surface area contributed by atoms with Gasteiger partial charge in [-0.25, -0.2) is 13.1 Å². The van der Waals surface area contributed by atoms with E-state index in [4.69, 9.17) is 5.11 Å². The van der Waals surface area contributed by atoms with Gasteiger partial charge in [0.05, 0.1) is 18.4 Å². The van der Waals surface area contributed by atoms with E-state index in [-0.39, 0.29) is 11.4 Å². The van der Waals surface area contributed by atoms with Gasteiger partial charge in [0.15, 0.2) is 0 Å². The number of nitrogens with zero attached hydrogens (tertiary/aromatic N) is 4. The van der Waals surface area contributed by atoms with Crippen molar-refractivity contribution in [2.24, 2.45) is 7.05 Å². The highest BCUT2D eigenvalue weighted by atomic mass is 32.2. The van der Waals surface area contributed by atoms with Gasteiger partial charge in [-0.15, -0.1) is 0 Å². The molecule has 0 radical (unpaired) electrons. The first kappa shape index (κ1) is 14.2. The Balaban J connectivity index is 2.06. The average molecular weight is 299 g/mol. The maximum Gasteiger partial charge on any atom is 0.325 e. The van der Waals surface area contributed by atoms with E-state index in [0.29, 0.717) is 5.69 Å². The molecule has 0 aliphatic carbocycles. The summed E-state index contributed by atoms with van der Waals surface area (Å²) in [4.78, 5) is 10.4. The van der Waals surface area contributed by atoms with Crippen molar-refractivity contribution >= 4 is 16.0 Å². The Bertz CT molecular complexity index is 718. The maximum absolute atomic E-state index is 12.0. The number of carboxylic acid groups (broad SMARTS) is 1. The second kappa shape index (κ2) is 5.43. The van der Waals surface area contributed by atoms with E-state index in [1.54, 1.807) is 24.0 Å². The molecule has 0 aromatic carbocycles. The van der Waals surface area contributed by atoms with E-state index in [0.717, 1.165) is 17.1 Å². The minimum atomic E-state index is -3.74. The zero-order valence-corrected chi connectivity index (χ0v) is 11.4. The Labute approximate surface area is 114 Å². The molecule has 9 nitrogen and oxygen atoms in total. The maximum atomic E-state index is 12.0. The molecule has 2 aromatic rings. The molecule has 0 saturated heterocycles. The van der Waals surface area contributed by atoms with Gasteiger partial charge in [-0.1, -0.05) is 0 Å². The molecule has 2 rings (SSSR count). The molecule has 0 amide bonds. The lowest BCUT2D eigenvalue weighted by atomic mass is 10.4. The summed E-state index contributed by atoms with van der Waals surface area (Å²) < 4.78 is 28.9. The van der Waals surface area contributed by atoms with Crippen molar-refractivity contribution < 1.29 is 18.3 Å². The molecular weight excluding hydrogens is 286 g/mol. The van der Waals surface area contributed by atoms with E-state index in [1.165, 1.54) is 0 Å². The third kappa shape index (κ3) is 3.42. The van der Waals surface area contributed by atoms with Crippen LogP contribution in [0.4, 0.5) is 0 Å². The largest absolute Gasteiger partial charge is 0.480 e. The minimum absolute atomic E-state index is 0.0489. The number of hydrogen-bond acceptors (Lipinski definition) is 5. The molecule has 2 aromatic heterocycles. The first-order chi connectivity index (χ1) is 9.37. The Morgan fingerprint density at radius 3 is 2.85 bits per heavy atom. The van der Waals surface area contributed by atoms with Crippen LogP contribution in [-0.4, -0.2) is 39.1 Å². The molecule has 0 aliphatic rings. The zero-order chi connectivity index (χ0) is 14.8. The summed E-state index contributed by atoms with van der Waals surface area (Å²) in [6.45, 7) is -0.344. The van der Waals surface area contributed by atoms with Crippen LogP contribution in [-0.2, 0) is 35.0 Å². The number of carbonyl (C=O) groups is 1. The summed E-state index contributed by atoms with van der Waals surface area (Å²) in [7, 11) is -2.01. The standard InChI is InChI=1S/C10H13N5O4S/c1-14-3-2-8(13-14)4-12-20(18,19)9-5-11-15(6-9)7-10(16)17/h2-3,5-6,12H,4,7H2,1H3,(H,16,17). The first-order valence-electron chi connectivity index (χ1n) is 5.59. The SMILES string of the molecule is Cn1ccc(CNS(=O)(=O)c2cnn(CC(=O)O)c2)n1. The number of nitrogens with one attached hydrogen (secondary N) is 1. The lowest BCUT2D eigenvalue weighted by Crippen LogP contribution is -2.23. The van der Waals surface area contributed by atoms with Crippen molar-refractivity contribution in [3.63, 3.8) is 0 Å². The van der Waals surface area contributed by atoms with E-state index < -0.39 is 22.5 Å². The summed E-state index contributed by atoms with van der Waals surface area (Å²) in [6, 6.07) is 1.69. The lowest BCUT2D eigenvalue weighted by molar-refractivity contribution is -0.137. The Hall–Kier alpha value is -2.20. The molecule has 0 bridgehead atoms. The van der Waals surface area contributed by atoms with Crippen LogP contribution in [0.25, 0.3) is 0 Å². The van der Waals surface area contributed by atoms with Gasteiger partial charge >= 0.3 is 5.97 Å². The fourth-order valence-corrected chi connectivity index (χ4v) is 2.47. The smallest absolute Gasteiger partial charge is 0.325 e. The lowest BCUT2D eigenvalue weighted by Gasteiger charge is -2.02. The molecule has 0 aliphatic heterocycles. The number of aromatic nitrogens is 4. The van der Waals surface area contributed by atoms with Crippen molar-refractivity contribution in [3.8, 4) is 0 Å². The molecule has 0 saturated carbocycles. The first-order valence-corrected chi connectivity index (χ1v) is 7.07. The van der Waals surface area contributed by atoms with Crippen LogP contribution < -0.4 is 4.72 Å². The molecule has 0 atom stereocenters. The van der Waals surface area contributed by atoms with Crippen LogP contribution in [0.5, 0.6) is 0 Å². The van der Waals surface area contributed by atoms with Gasteiger partial charge in [-0.2, -0.15) is 10.2 Å². The molecule has 0 fully saturated rings. The fourth-order valence-electron chi connectivity index (χ4n) is 1.52. The molecule has 20 heavy (non-hydrogen) atoms. The summed E-state index contributed by atoms with van der Waals surface area (Å²) in [5.41, 5.74) is 0.578. The molecule has 2 N–H and O–H groups in total. The number of rotatable bonds is 6. The summed E-state index contributed by atoms with van der Waals surface area (Å²) in [6.07, 6.45) is 3.97. The number of aryl methyl sites for hydroxylation is 1. The van der Waals surface area contributed by atoms with Crippen LogP contribution in [0.2, 0.25) is 0 Å². The summed E-state index contributed by atoms with van der Waals surface area (Å²) in [5, 5.41) is 16.3. The summed E-state index contributed by atoms with van der Waals surface area (Å²) in [5.74, 6) is -1.10. The average Bonchev–Trinajstić information content (AvgIpc) is 2.95. The Kier molecular flexibility index (Phi) is 3.86. The van der Waals surface area contributed by atoms with Crippen LogP contribution in [0.1, 0.15) is 5.69 Å². The topological polar surface area (TPSA) is 119 Å². The van der Waals surface area contributed by atoms with E-state index in [1.807, 2.05) is 0 Å². The predicted octanol–water partition coefficient (Wildman–Crippen LogP) is -0.820. The van der Waals surface area contributed by atoms with Gasteiger partial charge in [0.2, 0.25) is 10.0 Å². The third-order valence-corrected chi connectivity index (χ3v) is 3.79. The molecular formula is C10H13N5O4S. The number of carboxylic acids is 1. The number of aliphatic carboxylic acids is 1. The fraction of sp³-hybridized carbons (Fsp3) is 0.300. The van der Waals surface area contributed by atoms with Crippen LogP contribution in [0, 0.1) is 0 Å². The Morgan fingerprint density at radius 2 is 2.25 bits per heavy atom. The molecule has 108 valence electrons. The number of sulfonamides is 1. The van der Waals surface area contributed by atoms with E-state index in [9.17, 15) is 13.2 Å². The minimum Gasteiger partial charge on any atom is -0.480 e. The van der Waals surface area contributed by atoms with Crippen molar-refractivity contribution in [1.29, 1.82) is 0 Å². The van der Waals surface area contributed by atoms with Crippen molar-refractivity contribution in [2.75, 3.05) is 0 Å². The van der Waals surface area contributed by atoms with Crippen LogP contribution >= 0.6 is 0 Å². The van der Waals surface area contributed by atoms with Gasteiger partial charge < -0.3 is 5.11 Å². The highest BCUT2D eigenvalue weighted by Gasteiger charge is 2.17. The van der Waals surface area contributed by atoms with Gasteiger partial charge in [-0.05, 0) is 6.07 Å². The van der Waals surface area contributed by atoms with Gasteiger partial charge in [0, 0.05) is 19.4 Å². The van der Waals surface area contributed by atoms with Crippen molar-refractivity contribution in [3.05, 3.63) is 30.4 Å². The van der Waals surface area contributed by atoms with Crippen molar-refractivity contribution in [2.45, 2.75) is 18.0 Å². The molecule has 0 unspecified atom stereocenters. The normalized spacial score (nSPS) is 11.7. The highest BCUT2D eigenvalue weighted by Crippen LogP contribution is 2.07. The van der Waals surface area contributed by atoms with Gasteiger partial charge in [0.25, 0.3) is 0 Å². The van der Waals surface area contributed by atoms with E-state index in [2.05, 4.69) is 14.9 Å². The van der Waals surface area contributed by atoms with Crippen LogP contribution in [0.3, 0.4) is 0 Å². The molecule has 0 spiro atoms. The van der Waals surface area contributed by atoms with Crippen LogP contribution in [0.15, 0.2) is 29.6 Å². The van der Waals surface area contributed by atoms with Gasteiger partial charge in [0.1, 0.15) is 11.4 Å². The second-order valence-electron chi connectivity index (χ2n) is 4.07.